The summed E-state index contributed by atoms with van der Waals surface area (Å²) in [7, 11) is -3.07. The van der Waals surface area contributed by atoms with Gasteiger partial charge in [0.05, 0.1) is 5.25 Å². The van der Waals surface area contributed by atoms with E-state index in [0.29, 0.717) is 13.0 Å². The molecule has 1 atom stereocenters. The van der Waals surface area contributed by atoms with Crippen LogP contribution in [0.15, 0.2) is 0 Å². The van der Waals surface area contributed by atoms with Crippen molar-refractivity contribution in [3.05, 3.63) is 0 Å². The quantitative estimate of drug-likeness (QED) is 0.625. The van der Waals surface area contributed by atoms with Crippen LogP contribution in [0.4, 0.5) is 4.79 Å². The van der Waals surface area contributed by atoms with E-state index in [1.165, 1.54) is 0 Å². The van der Waals surface area contributed by atoms with Crippen LogP contribution < -0.4 is 0 Å². The van der Waals surface area contributed by atoms with Gasteiger partial charge < -0.3 is 10.0 Å². The lowest BCUT2D eigenvalue weighted by atomic mass is 10.4. The van der Waals surface area contributed by atoms with Gasteiger partial charge in [-0.15, -0.1) is 0 Å². The topological polar surface area (TPSA) is 74.7 Å². The molecule has 0 unspecified atom stereocenters. The molecule has 0 spiro atoms. The van der Waals surface area contributed by atoms with Crippen LogP contribution >= 0.6 is 0 Å². The van der Waals surface area contributed by atoms with Gasteiger partial charge in [-0.05, 0) is 6.42 Å². The standard InChI is InChI=1S/C6H11NO4S/c1-12(10,11)5-2-3-7(4-5)6(8)9/h5H,2-4H2,1H3,(H,8,9)/t5-/m0/s1. The summed E-state index contributed by atoms with van der Waals surface area (Å²) < 4.78 is 22.0. The van der Waals surface area contributed by atoms with Gasteiger partial charge in [-0.25, -0.2) is 13.2 Å². The first kappa shape index (κ1) is 9.31. The second kappa shape index (κ2) is 2.93. The first-order valence-electron chi connectivity index (χ1n) is 3.58. The van der Waals surface area contributed by atoms with Crippen LogP contribution in [0.5, 0.6) is 0 Å². The minimum Gasteiger partial charge on any atom is -0.465 e. The van der Waals surface area contributed by atoms with E-state index >= 15 is 0 Å². The fourth-order valence-corrected chi connectivity index (χ4v) is 2.24. The summed E-state index contributed by atoms with van der Waals surface area (Å²) in [4.78, 5) is 11.5. The Morgan fingerprint density at radius 2 is 2.17 bits per heavy atom. The van der Waals surface area contributed by atoms with Crippen molar-refractivity contribution >= 4 is 15.9 Å². The van der Waals surface area contributed by atoms with Crippen LogP contribution in [-0.2, 0) is 9.84 Å². The molecule has 1 N–H and O–H groups in total. The molecule has 0 aromatic carbocycles. The fourth-order valence-electron chi connectivity index (χ4n) is 1.25. The number of likely N-dealkylation sites (tertiary alicyclic amines) is 1. The molecule has 0 bridgehead atoms. The lowest BCUT2D eigenvalue weighted by Gasteiger charge is -2.10. The van der Waals surface area contributed by atoms with E-state index in [-0.39, 0.29) is 6.54 Å². The largest absolute Gasteiger partial charge is 0.465 e. The molecule has 0 aliphatic carbocycles. The summed E-state index contributed by atoms with van der Waals surface area (Å²) in [6, 6.07) is 0. The molecule has 1 amide bonds. The second-order valence-electron chi connectivity index (χ2n) is 2.97. The normalized spacial score (nSPS) is 24.4. The predicted octanol–water partition coefficient (Wildman–Crippen LogP) is -0.217. The van der Waals surface area contributed by atoms with Crippen molar-refractivity contribution in [2.75, 3.05) is 19.3 Å². The minimum atomic E-state index is -3.07. The Kier molecular flexibility index (Phi) is 2.27. The summed E-state index contributed by atoms with van der Waals surface area (Å²) in [6.45, 7) is 0.446. The van der Waals surface area contributed by atoms with Crippen molar-refractivity contribution in [1.29, 1.82) is 0 Å². The van der Waals surface area contributed by atoms with Crippen LogP contribution in [0, 0.1) is 0 Å². The Balaban J connectivity index is 2.64. The SMILES string of the molecule is CS(=O)(=O)[C@H]1CCN(C(=O)O)C1. The summed E-state index contributed by atoms with van der Waals surface area (Å²) in [6.07, 6.45) is 0.523. The van der Waals surface area contributed by atoms with Gasteiger partial charge in [0.25, 0.3) is 0 Å². The third kappa shape index (κ3) is 1.88. The van der Waals surface area contributed by atoms with Crippen molar-refractivity contribution in [3.8, 4) is 0 Å². The molecule has 0 aromatic heterocycles. The third-order valence-electron chi connectivity index (χ3n) is 2.02. The van der Waals surface area contributed by atoms with Crippen molar-refractivity contribution in [3.63, 3.8) is 0 Å². The van der Waals surface area contributed by atoms with Gasteiger partial charge in [-0.1, -0.05) is 0 Å². The highest BCUT2D eigenvalue weighted by Crippen LogP contribution is 2.15. The average molecular weight is 193 g/mol. The molecule has 1 saturated heterocycles. The molecule has 1 heterocycles. The van der Waals surface area contributed by atoms with Gasteiger partial charge in [0, 0.05) is 19.3 Å². The van der Waals surface area contributed by atoms with E-state index in [0.717, 1.165) is 11.2 Å². The number of nitrogens with zero attached hydrogens (tertiary/aromatic N) is 1. The molecule has 1 fully saturated rings. The van der Waals surface area contributed by atoms with Gasteiger partial charge in [0.2, 0.25) is 0 Å². The van der Waals surface area contributed by atoms with E-state index in [1.54, 1.807) is 0 Å². The van der Waals surface area contributed by atoms with Gasteiger partial charge in [0.1, 0.15) is 0 Å². The van der Waals surface area contributed by atoms with Crippen LogP contribution in [0.25, 0.3) is 0 Å². The number of hydrogen-bond donors (Lipinski definition) is 1. The maximum absolute atomic E-state index is 11.0. The molecule has 0 saturated carbocycles. The van der Waals surface area contributed by atoms with Crippen molar-refractivity contribution in [2.45, 2.75) is 11.7 Å². The maximum atomic E-state index is 11.0. The first-order valence-corrected chi connectivity index (χ1v) is 5.53. The summed E-state index contributed by atoms with van der Waals surface area (Å²) in [5.74, 6) is 0. The molecule has 5 nitrogen and oxygen atoms in total. The van der Waals surface area contributed by atoms with Gasteiger partial charge >= 0.3 is 6.09 Å². The fraction of sp³-hybridized carbons (Fsp3) is 0.833. The molecular weight excluding hydrogens is 182 g/mol. The second-order valence-corrected chi connectivity index (χ2v) is 5.29. The number of rotatable bonds is 1. The molecule has 1 aliphatic heterocycles. The number of amides is 1. The smallest absolute Gasteiger partial charge is 0.407 e. The summed E-state index contributed by atoms with van der Waals surface area (Å²) in [5, 5.41) is 8.02. The monoisotopic (exact) mass is 193 g/mol. The lowest BCUT2D eigenvalue weighted by Crippen LogP contribution is -2.30. The number of sulfone groups is 1. The van der Waals surface area contributed by atoms with Crippen LogP contribution in [0.2, 0.25) is 0 Å². The van der Waals surface area contributed by atoms with Crippen molar-refractivity contribution in [2.24, 2.45) is 0 Å². The highest BCUT2D eigenvalue weighted by Gasteiger charge is 2.32. The Bertz CT molecular complexity index is 284. The van der Waals surface area contributed by atoms with Crippen LogP contribution in [0.3, 0.4) is 0 Å². The Hall–Kier alpha value is -0.780. The van der Waals surface area contributed by atoms with Gasteiger partial charge in [0.15, 0.2) is 9.84 Å². The van der Waals surface area contributed by atoms with E-state index in [2.05, 4.69) is 0 Å². The average Bonchev–Trinajstić information content (AvgIpc) is 2.30. The Morgan fingerprint density at radius 1 is 1.58 bits per heavy atom. The lowest BCUT2D eigenvalue weighted by molar-refractivity contribution is 0.156. The molecule has 70 valence electrons. The summed E-state index contributed by atoms with van der Waals surface area (Å²) >= 11 is 0. The van der Waals surface area contributed by atoms with Crippen LogP contribution in [-0.4, -0.2) is 49.1 Å². The van der Waals surface area contributed by atoms with Gasteiger partial charge in [-0.3, -0.25) is 0 Å². The first-order chi connectivity index (χ1) is 5.41. The Morgan fingerprint density at radius 3 is 2.42 bits per heavy atom. The third-order valence-corrected chi connectivity index (χ3v) is 3.62. The number of carbonyl (C=O) groups is 1. The van der Waals surface area contributed by atoms with Gasteiger partial charge in [-0.2, -0.15) is 0 Å². The van der Waals surface area contributed by atoms with Crippen molar-refractivity contribution in [1.82, 2.24) is 4.90 Å². The van der Waals surface area contributed by atoms with Crippen molar-refractivity contribution < 1.29 is 18.3 Å². The highest BCUT2D eigenvalue weighted by molar-refractivity contribution is 7.91. The molecule has 1 rings (SSSR count). The molecule has 6 heteroatoms. The molecule has 0 aromatic rings. The van der Waals surface area contributed by atoms with E-state index in [1.807, 2.05) is 0 Å². The molecule has 0 radical (unpaired) electrons. The minimum absolute atomic E-state index is 0.119. The zero-order chi connectivity index (χ0) is 9.35. The zero-order valence-electron chi connectivity index (χ0n) is 6.73. The van der Waals surface area contributed by atoms with E-state index < -0.39 is 21.2 Å². The maximum Gasteiger partial charge on any atom is 0.407 e. The van der Waals surface area contributed by atoms with E-state index in [9.17, 15) is 13.2 Å². The molecule has 12 heavy (non-hydrogen) atoms. The van der Waals surface area contributed by atoms with Crippen LogP contribution in [0.1, 0.15) is 6.42 Å². The number of hydrogen-bond acceptors (Lipinski definition) is 3. The molecule has 1 aliphatic rings. The zero-order valence-corrected chi connectivity index (χ0v) is 7.54. The number of carboxylic acid groups (broad SMARTS) is 1. The highest BCUT2D eigenvalue weighted by atomic mass is 32.2. The predicted molar refractivity (Wildman–Crippen MR) is 42.8 cm³/mol. The summed E-state index contributed by atoms with van der Waals surface area (Å²) in [5.41, 5.74) is 0. The van der Waals surface area contributed by atoms with E-state index in [4.69, 9.17) is 5.11 Å². The Labute approximate surface area is 70.9 Å². The molecular formula is C6H11NO4S.